The zero-order valence-corrected chi connectivity index (χ0v) is 18.7. The Morgan fingerprint density at radius 1 is 1.03 bits per heavy atom. The van der Waals surface area contributed by atoms with Crippen LogP contribution in [0.2, 0.25) is 0 Å². The summed E-state index contributed by atoms with van der Waals surface area (Å²) in [6.45, 7) is 0.765. The highest BCUT2D eigenvalue weighted by atomic mass is 19.1. The van der Waals surface area contributed by atoms with Gasteiger partial charge < -0.3 is 26.0 Å². The van der Waals surface area contributed by atoms with Gasteiger partial charge in [-0.25, -0.2) is 9.07 Å². The maximum atomic E-state index is 13.4. The summed E-state index contributed by atoms with van der Waals surface area (Å²) in [5.41, 5.74) is 10.9. The zero-order chi connectivity index (χ0) is 24.9. The van der Waals surface area contributed by atoms with Gasteiger partial charge in [-0.15, -0.1) is 5.10 Å². The fourth-order valence-corrected chi connectivity index (χ4v) is 5.17. The van der Waals surface area contributed by atoms with Crippen LogP contribution in [0.25, 0.3) is 0 Å². The molecule has 0 unspecified atom stereocenters. The lowest BCUT2D eigenvalue weighted by atomic mass is 9.93. The Bertz CT molecular complexity index is 1200. The number of nitrogens with zero attached hydrogens (tertiary/aromatic N) is 5. The van der Waals surface area contributed by atoms with Gasteiger partial charge in [-0.3, -0.25) is 19.2 Å². The number of nitrogens with two attached hydrogens (primary N) is 2. The number of carbonyl (C=O) groups is 4. The number of hydrogen-bond acceptors (Lipinski definition) is 7. The minimum absolute atomic E-state index is 0.114. The number of aromatic nitrogens is 3. The second-order valence-electron chi connectivity index (χ2n) is 8.99. The van der Waals surface area contributed by atoms with Gasteiger partial charge in [-0.1, -0.05) is 17.3 Å². The minimum Gasteiger partial charge on any atom is -0.373 e. The molecular formula is C22H24FN7O5. The molecule has 3 aliphatic heterocycles. The Labute approximate surface area is 199 Å². The number of amides is 4. The van der Waals surface area contributed by atoms with Crippen LogP contribution in [0, 0.1) is 5.82 Å². The van der Waals surface area contributed by atoms with Crippen molar-refractivity contribution in [1.82, 2.24) is 24.8 Å². The standard InChI is InChI=1S/C22H24FN7O5/c23-12-3-1-11(2-4-12)10-35-14-5-6-28-16(8-14)22(34)29-9-13(7-15(29)21(28)33)30-18(20(25)32)17(19(24)31)26-27-30/h1-4,13-16H,5-10H2,(H2,24,31)(H2,25,32)/t13-,14-,15-,16-/m0/s1. The average molecular weight is 485 g/mol. The molecule has 0 bridgehead atoms. The molecule has 4 N–H and O–H groups in total. The maximum Gasteiger partial charge on any atom is 0.271 e. The Morgan fingerprint density at radius 2 is 1.71 bits per heavy atom. The molecule has 4 heterocycles. The van der Waals surface area contributed by atoms with Crippen molar-refractivity contribution in [3.63, 3.8) is 0 Å². The lowest BCUT2D eigenvalue weighted by Crippen LogP contribution is -2.65. The summed E-state index contributed by atoms with van der Waals surface area (Å²) < 4.78 is 20.3. The van der Waals surface area contributed by atoms with Crippen molar-refractivity contribution < 1.29 is 28.3 Å². The predicted octanol–water partition coefficient (Wildman–Crippen LogP) is -0.653. The number of carbonyl (C=O) groups excluding carboxylic acids is 4. The van der Waals surface area contributed by atoms with Gasteiger partial charge in [-0.05, 0) is 24.1 Å². The van der Waals surface area contributed by atoms with Crippen molar-refractivity contribution in [2.75, 3.05) is 13.1 Å². The molecule has 3 fully saturated rings. The van der Waals surface area contributed by atoms with Gasteiger partial charge in [0.15, 0.2) is 11.4 Å². The molecule has 2 aromatic rings. The van der Waals surface area contributed by atoms with Crippen LogP contribution in [0.5, 0.6) is 0 Å². The first-order valence-corrected chi connectivity index (χ1v) is 11.3. The van der Waals surface area contributed by atoms with Crippen molar-refractivity contribution in [1.29, 1.82) is 0 Å². The molecule has 0 aliphatic carbocycles. The smallest absolute Gasteiger partial charge is 0.271 e. The SMILES string of the molecule is NC(=O)c1nnn([C@H]2C[C@H]3C(=O)N4CC[C@H](OCc5ccc(F)cc5)C[C@H]4C(=O)N3C2)c1C(N)=O. The zero-order valence-electron chi connectivity index (χ0n) is 18.7. The van der Waals surface area contributed by atoms with Crippen molar-refractivity contribution in [2.45, 2.75) is 50.1 Å². The van der Waals surface area contributed by atoms with Crippen LogP contribution < -0.4 is 11.5 Å². The summed E-state index contributed by atoms with van der Waals surface area (Å²) in [6.07, 6.45) is 0.897. The summed E-state index contributed by atoms with van der Waals surface area (Å²) in [7, 11) is 0. The number of ether oxygens (including phenoxy) is 1. The molecular weight excluding hydrogens is 461 g/mol. The van der Waals surface area contributed by atoms with Crippen LogP contribution in [-0.4, -0.2) is 79.7 Å². The third-order valence-corrected chi connectivity index (χ3v) is 6.88. The third kappa shape index (κ3) is 4.01. The van der Waals surface area contributed by atoms with Gasteiger partial charge in [0.05, 0.1) is 18.8 Å². The Kier molecular flexibility index (Phi) is 5.71. The van der Waals surface area contributed by atoms with Crippen molar-refractivity contribution in [2.24, 2.45) is 11.5 Å². The highest BCUT2D eigenvalue weighted by Gasteiger charge is 2.53. The second-order valence-corrected chi connectivity index (χ2v) is 8.99. The average Bonchev–Trinajstić information content (AvgIpc) is 3.47. The number of piperazine rings is 1. The molecule has 12 nitrogen and oxygen atoms in total. The van der Waals surface area contributed by atoms with E-state index in [1.165, 1.54) is 21.7 Å². The van der Waals surface area contributed by atoms with Gasteiger partial charge in [0.2, 0.25) is 11.8 Å². The molecule has 0 spiro atoms. The first kappa shape index (κ1) is 22.9. The van der Waals surface area contributed by atoms with Crippen LogP contribution in [-0.2, 0) is 20.9 Å². The Hall–Kier alpha value is -3.87. The lowest BCUT2D eigenvalue weighted by Gasteiger charge is -2.46. The number of primary amides is 2. The fourth-order valence-electron chi connectivity index (χ4n) is 5.17. The predicted molar refractivity (Wildman–Crippen MR) is 116 cm³/mol. The minimum atomic E-state index is -0.947. The van der Waals surface area contributed by atoms with Crippen LogP contribution in [0.3, 0.4) is 0 Å². The summed E-state index contributed by atoms with van der Waals surface area (Å²) in [6, 6.07) is 4.08. The number of rotatable bonds is 6. The van der Waals surface area contributed by atoms with E-state index in [2.05, 4.69) is 10.3 Å². The van der Waals surface area contributed by atoms with Gasteiger partial charge in [0, 0.05) is 25.9 Å². The van der Waals surface area contributed by atoms with E-state index in [0.29, 0.717) is 19.4 Å². The third-order valence-electron chi connectivity index (χ3n) is 6.88. The summed E-state index contributed by atoms with van der Waals surface area (Å²) in [5, 5.41) is 7.54. The van der Waals surface area contributed by atoms with Crippen LogP contribution in [0.4, 0.5) is 4.39 Å². The van der Waals surface area contributed by atoms with E-state index in [1.807, 2.05) is 0 Å². The van der Waals surface area contributed by atoms with Gasteiger partial charge >= 0.3 is 0 Å². The normalized spacial score (nSPS) is 26.0. The molecule has 5 rings (SSSR count). The monoisotopic (exact) mass is 485 g/mol. The molecule has 0 radical (unpaired) electrons. The molecule has 4 atom stereocenters. The summed E-state index contributed by atoms with van der Waals surface area (Å²) in [4.78, 5) is 53.3. The molecule has 3 saturated heterocycles. The van der Waals surface area contributed by atoms with Crippen LogP contribution in [0.1, 0.15) is 51.8 Å². The van der Waals surface area contributed by atoms with E-state index in [-0.39, 0.29) is 54.7 Å². The first-order chi connectivity index (χ1) is 16.7. The number of halogens is 1. The lowest BCUT2D eigenvalue weighted by molar-refractivity contribution is -0.165. The largest absolute Gasteiger partial charge is 0.373 e. The molecule has 3 aliphatic rings. The molecule has 1 aromatic heterocycles. The molecule has 35 heavy (non-hydrogen) atoms. The first-order valence-electron chi connectivity index (χ1n) is 11.3. The van der Waals surface area contributed by atoms with E-state index < -0.39 is 29.9 Å². The molecule has 4 amide bonds. The summed E-state index contributed by atoms with van der Waals surface area (Å²) >= 11 is 0. The molecule has 13 heteroatoms. The van der Waals surface area contributed by atoms with Crippen molar-refractivity contribution >= 4 is 23.6 Å². The number of benzene rings is 1. The van der Waals surface area contributed by atoms with Crippen LogP contribution in [0.15, 0.2) is 24.3 Å². The number of hydrogen-bond donors (Lipinski definition) is 2. The van der Waals surface area contributed by atoms with Gasteiger partial charge in [-0.2, -0.15) is 0 Å². The summed E-state index contributed by atoms with van der Waals surface area (Å²) in [5.74, 6) is -2.58. The van der Waals surface area contributed by atoms with E-state index in [4.69, 9.17) is 16.2 Å². The van der Waals surface area contributed by atoms with E-state index in [9.17, 15) is 23.6 Å². The van der Waals surface area contributed by atoms with Crippen molar-refractivity contribution in [3.05, 3.63) is 47.0 Å². The molecule has 1 aromatic carbocycles. The highest BCUT2D eigenvalue weighted by Crippen LogP contribution is 2.36. The number of fused-ring (bicyclic) bond motifs is 2. The Balaban J connectivity index is 1.30. The van der Waals surface area contributed by atoms with E-state index >= 15 is 0 Å². The highest BCUT2D eigenvalue weighted by molar-refractivity contribution is 6.03. The van der Waals surface area contributed by atoms with E-state index in [1.54, 1.807) is 17.0 Å². The molecule has 0 saturated carbocycles. The van der Waals surface area contributed by atoms with Gasteiger partial charge in [0.25, 0.3) is 11.8 Å². The van der Waals surface area contributed by atoms with Gasteiger partial charge in [0.1, 0.15) is 17.9 Å². The van der Waals surface area contributed by atoms with Crippen molar-refractivity contribution in [3.8, 4) is 0 Å². The van der Waals surface area contributed by atoms with Crippen LogP contribution >= 0.6 is 0 Å². The molecule has 184 valence electrons. The quantitative estimate of drug-likeness (QED) is 0.548. The topological polar surface area (TPSA) is 167 Å². The number of piperidine rings is 1. The van der Waals surface area contributed by atoms with E-state index in [0.717, 1.165) is 5.56 Å². The fraction of sp³-hybridized carbons (Fsp3) is 0.455. The maximum absolute atomic E-state index is 13.4. The second kappa shape index (κ2) is 8.73. The Morgan fingerprint density at radius 3 is 2.40 bits per heavy atom.